The van der Waals surface area contributed by atoms with Crippen LogP contribution in [0.3, 0.4) is 0 Å². The number of hydrogen-bond acceptors (Lipinski definition) is 3. The van der Waals surface area contributed by atoms with Crippen LogP contribution in [0.2, 0.25) is 5.02 Å². The molecule has 5 nitrogen and oxygen atoms in total. The number of nitrogen functional groups attached to an aromatic ring is 1. The summed E-state index contributed by atoms with van der Waals surface area (Å²) in [4.78, 5) is 22.6. The second kappa shape index (κ2) is 6.00. The number of amides is 1. The van der Waals surface area contributed by atoms with Gasteiger partial charge >= 0.3 is 12.1 Å². The monoisotopic (exact) mass is 310 g/mol. The maximum absolute atomic E-state index is 12.3. The third-order valence-electron chi connectivity index (χ3n) is 2.23. The number of nitrogens with two attached hydrogens (primary N) is 1. The molecule has 0 atom stereocenters. The van der Waals surface area contributed by atoms with E-state index in [4.69, 9.17) is 22.4 Å². The Hall–Kier alpha value is -1.96. The van der Waals surface area contributed by atoms with Gasteiger partial charge in [0.15, 0.2) is 0 Å². The van der Waals surface area contributed by atoms with Crippen LogP contribution in [0.5, 0.6) is 0 Å². The summed E-state index contributed by atoms with van der Waals surface area (Å²) in [6.45, 7) is -2.74. The Labute approximate surface area is 116 Å². The molecule has 0 aliphatic heterocycles. The van der Waals surface area contributed by atoms with Gasteiger partial charge in [0.25, 0.3) is 5.91 Å². The molecule has 0 aliphatic carbocycles. The molecule has 1 aromatic rings. The average molecular weight is 311 g/mol. The molecule has 1 amide bonds. The van der Waals surface area contributed by atoms with Crippen molar-refractivity contribution in [2.75, 3.05) is 18.8 Å². The van der Waals surface area contributed by atoms with Crippen LogP contribution in [0.15, 0.2) is 18.2 Å². The van der Waals surface area contributed by atoms with Crippen molar-refractivity contribution in [2.45, 2.75) is 6.18 Å². The maximum Gasteiger partial charge on any atom is 0.406 e. The van der Waals surface area contributed by atoms with Gasteiger partial charge < -0.3 is 15.7 Å². The molecule has 0 saturated carbocycles. The second-order valence-corrected chi connectivity index (χ2v) is 4.31. The first-order valence-corrected chi connectivity index (χ1v) is 5.61. The molecule has 0 spiro atoms. The van der Waals surface area contributed by atoms with Crippen molar-refractivity contribution >= 4 is 29.2 Å². The Bertz CT molecular complexity index is 534. The molecule has 110 valence electrons. The predicted molar refractivity (Wildman–Crippen MR) is 65.5 cm³/mol. The highest BCUT2D eigenvalue weighted by molar-refractivity contribution is 6.33. The maximum atomic E-state index is 12.3. The van der Waals surface area contributed by atoms with Gasteiger partial charge in [0, 0.05) is 5.56 Å². The zero-order valence-electron chi connectivity index (χ0n) is 9.95. The summed E-state index contributed by atoms with van der Waals surface area (Å²) in [6.07, 6.45) is -4.71. The van der Waals surface area contributed by atoms with Crippen LogP contribution < -0.4 is 5.73 Å². The van der Waals surface area contributed by atoms with E-state index in [9.17, 15) is 22.8 Å². The van der Waals surface area contributed by atoms with Crippen molar-refractivity contribution in [1.82, 2.24) is 4.90 Å². The quantitative estimate of drug-likeness (QED) is 0.833. The molecule has 20 heavy (non-hydrogen) atoms. The number of hydrogen-bond donors (Lipinski definition) is 2. The van der Waals surface area contributed by atoms with Crippen molar-refractivity contribution in [3.8, 4) is 0 Å². The van der Waals surface area contributed by atoms with Gasteiger partial charge in [-0.1, -0.05) is 11.6 Å². The SMILES string of the molecule is Nc1ccc(C(=O)N(CC(=O)O)CC(F)(F)F)cc1Cl. The number of aliphatic carboxylic acids is 1. The smallest absolute Gasteiger partial charge is 0.406 e. The van der Waals surface area contributed by atoms with E-state index < -0.39 is 31.1 Å². The van der Waals surface area contributed by atoms with Gasteiger partial charge in [-0.2, -0.15) is 13.2 Å². The zero-order chi connectivity index (χ0) is 15.5. The van der Waals surface area contributed by atoms with Crippen LogP contribution in [0, 0.1) is 0 Å². The molecule has 0 unspecified atom stereocenters. The highest BCUT2D eigenvalue weighted by Gasteiger charge is 2.34. The number of carbonyl (C=O) groups excluding carboxylic acids is 1. The number of rotatable bonds is 4. The summed E-state index contributed by atoms with van der Waals surface area (Å²) in [6, 6.07) is 3.52. The van der Waals surface area contributed by atoms with E-state index in [0.717, 1.165) is 6.07 Å². The lowest BCUT2D eigenvalue weighted by Crippen LogP contribution is -2.42. The van der Waals surface area contributed by atoms with Crippen molar-refractivity contribution in [1.29, 1.82) is 0 Å². The van der Waals surface area contributed by atoms with Crippen LogP contribution >= 0.6 is 11.6 Å². The van der Waals surface area contributed by atoms with Crippen LogP contribution in [-0.2, 0) is 4.79 Å². The number of carboxylic acids is 1. The number of nitrogens with zero attached hydrogens (tertiary/aromatic N) is 1. The summed E-state index contributed by atoms with van der Waals surface area (Å²) in [7, 11) is 0. The first-order chi connectivity index (χ1) is 9.10. The Morgan fingerprint density at radius 2 is 1.95 bits per heavy atom. The highest BCUT2D eigenvalue weighted by atomic mass is 35.5. The fourth-order valence-electron chi connectivity index (χ4n) is 1.42. The van der Waals surface area contributed by atoms with Crippen LogP contribution in [0.4, 0.5) is 18.9 Å². The van der Waals surface area contributed by atoms with Gasteiger partial charge in [0.05, 0.1) is 10.7 Å². The molecule has 1 rings (SSSR count). The van der Waals surface area contributed by atoms with Crippen molar-refractivity contribution in [2.24, 2.45) is 0 Å². The lowest BCUT2D eigenvalue weighted by atomic mass is 10.1. The van der Waals surface area contributed by atoms with E-state index in [2.05, 4.69) is 0 Å². The molecule has 0 heterocycles. The predicted octanol–water partition coefficient (Wildman–Crippen LogP) is 2.01. The fraction of sp³-hybridized carbons (Fsp3) is 0.273. The van der Waals surface area contributed by atoms with Gasteiger partial charge in [-0.15, -0.1) is 0 Å². The molecule has 0 saturated heterocycles. The minimum absolute atomic E-state index is 0.00173. The fourth-order valence-corrected chi connectivity index (χ4v) is 1.60. The van der Waals surface area contributed by atoms with Crippen LogP contribution in [0.1, 0.15) is 10.4 Å². The topological polar surface area (TPSA) is 83.6 Å². The van der Waals surface area contributed by atoms with E-state index in [0.29, 0.717) is 0 Å². The average Bonchev–Trinajstić information content (AvgIpc) is 2.28. The van der Waals surface area contributed by atoms with Crippen LogP contribution in [0.25, 0.3) is 0 Å². The second-order valence-electron chi connectivity index (χ2n) is 3.91. The molecular weight excluding hydrogens is 301 g/mol. The van der Waals surface area contributed by atoms with Crippen molar-refractivity contribution in [3.05, 3.63) is 28.8 Å². The summed E-state index contributed by atoms with van der Waals surface area (Å²) in [5, 5.41) is 8.57. The summed E-state index contributed by atoms with van der Waals surface area (Å²) in [5.74, 6) is -2.64. The molecule has 0 radical (unpaired) electrons. The molecule has 9 heteroatoms. The standard InChI is InChI=1S/C11H10ClF3N2O3/c12-7-3-6(1-2-8(7)16)10(20)17(4-9(18)19)5-11(13,14)15/h1-3H,4-5,16H2,(H,18,19). The third-order valence-corrected chi connectivity index (χ3v) is 2.56. The minimum atomic E-state index is -4.71. The van der Waals surface area contributed by atoms with Gasteiger partial charge in [-0.25, -0.2) is 0 Å². The Balaban J connectivity index is 3.02. The van der Waals surface area contributed by atoms with E-state index in [-0.39, 0.29) is 21.2 Å². The van der Waals surface area contributed by atoms with Gasteiger partial charge in [-0.3, -0.25) is 9.59 Å². The molecule has 0 bridgehead atoms. The number of alkyl halides is 3. The Morgan fingerprint density at radius 1 is 1.35 bits per heavy atom. The number of benzene rings is 1. The lowest BCUT2D eigenvalue weighted by Gasteiger charge is -2.22. The summed E-state index contributed by atoms with van der Waals surface area (Å²) in [5.41, 5.74) is 5.40. The molecule has 3 N–H and O–H groups in total. The lowest BCUT2D eigenvalue weighted by molar-refractivity contribution is -0.149. The molecule has 1 aromatic carbocycles. The summed E-state index contributed by atoms with van der Waals surface area (Å²) < 4.78 is 37.0. The number of anilines is 1. The van der Waals surface area contributed by atoms with Crippen molar-refractivity contribution < 1.29 is 27.9 Å². The Morgan fingerprint density at radius 3 is 2.40 bits per heavy atom. The number of carbonyl (C=O) groups is 2. The first-order valence-electron chi connectivity index (χ1n) is 5.23. The summed E-state index contributed by atoms with van der Waals surface area (Å²) >= 11 is 5.67. The van der Waals surface area contributed by atoms with E-state index in [1.54, 1.807) is 0 Å². The molecule has 0 fully saturated rings. The van der Waals surface area contributed by atoms with Crippen LogP contribution in [-0.4, -0.2) is 41.1 Å². The van der Waals surface area contributed by atoms with Gasteiger partial charge in [0.2, 0.25) is 0 Å². The Kier molecular flexibility index (Phi) is 4.83. The number of carboxylic acid groups (broad SMARTS) is 1. The first kappa shape index (κ1) is 16.1. The van der Waals surface area contributed by atoms with Crippen molar-refractivity contribution in [3.63, 3.8) is 0 Å². The van der Waals surface area contributed by atoms with E-state index >= 15 is 0 Å². The molecular formula is C11H10ClF3N2O3. The van der Waals surface area contributed by atoms with E-state index in [1.807, 2.05) is 0 Å². The molecule has 0 aromatic heterocycles. The van der Waals surface area contributed by atoms with Gasteiger partial charge in [-0.05, 0) is 18.2 Å². The van der Waals surface area contributed by atoms with Gasteiger partial charge in [0.1, 0.15) is 13.1 Å². The normalized spacial score (nSPS) is 11.2. The minimum Gasteiger partial charge on any atom is -0.480 e. The zero-order valence-corrected chi connectivity index (χ0v) is 10.7. The molecule has 0 aliphatic rings. The highest BCUT2D eigenvalue weighted by Crippen LogP contribution is 2.22. The van der Waals surface area contributed by atoms with E-state index in [1.165, 1.54) is 12.1 Å². The largest absolute Gasteiger partial charge is 0.480 e. The number of halogens is 4. The third kappa shape index (κ3) is 4.61.